The second-order valence-corrected chi connectivity index (χ2v) is 0.211. The molecular weight excluding hydrogens is 176 g/mol. The van der Waals surface area contributed by atoms with Crippen molar-refractivity contribution in [1.29, 1.82) is 0 Å². The van der Waals surface area contributed by atoms with Crippen LogP contribution < -0.4 is 0 Å². The van der Waals surface area contributed by atoms with Gasteiger partial charge in [0, 0.05) is 0 Å². The fourth-order valence-corrected chi connectivity index (χ4v) is 0. The molecule has 0 saturated heterocycles. The van der Waals surface area contributed by atoms with Crippen molar-refractivity contribution in [2.75, 3.05) is 0 Å². The molecule has 1 radical (unpaired) electrons. The number of hydrogen-bond donors (Lipinski definition) is 2. The second kappa shape index (κ2) is 146. The Hall–Kier alpha value is -0.541. The summed E-state index contributed by atoms with van der Waals surface area (Å²) in [5.41, 5.74) is 0. The Morgan fingerprint density at radius 2 is 0.889 bits per heavy atom. The summed E-state index contributed by atoms with van der Waals surface area (Å²) >= 11 is 0. The van der Waals surface area contributed by atoms with Gasteiger partial charge in [-0.15, -0.1) is 0 Å². The molecule has 9 heavy (non-hydrogen) atoms. The zero-order valence-corrected chi connectivity index (χ0v) is 6.11. The first-order valence-electron chi connectivity index (χ1n) is 0.988. The molecule has 4 nitrogen and oxygen atoms in total. The summed E-state index contributed by atoms with van der Waals surface area (Å²) in [6, 6.07) is 0. The summed E-state index contributed by atoms with van der Waals surface area (Å²) in [6.07, 6.45) is 0. The standard InChI is InChI=1S/2CH2O2.2CH3.Cu/c2*2-1-3;;;/h2*1H,(H,2,3);2*1H3;/q;;2*-1;+2. The monoisotopic (exact) mass is 185 g/mol. The van der Waals surface area contributed by atoms with Gasteiger partial charge in [-0.05, 0) is 0 Å². The van der Waals surface area contributed by atoms with Gasteiger partial charge in [0.2, 0.25) is 0 Å². The van der Waals surface area contributed by atoms with Gasteiger partial charge in [-0.25, -0.2) is 0 Å². The van der Waals surface area contributed by atoms with Crippen molar-refractivity contribution in [3.05, 3.63) is 14.9 Å². The number of carbonyl (C=O) groups is 2. The average molecular weight is 186 g/mol. The Bertz CT molecular complexity index is 33.5. The van der Waals surface area contributed by atoms with Gasteiger partial charge in [0.05, 0.1) is 0 Å². The third-order valence-electron chi connectivity index (χ3n) is 0. The molecule has 0 aliphatic carbocycles. The predicted molar refractivity (Wildman–Crippen MR) is 30.2 cm³/mol. The summed E-state index contributed by atoms with van der Waals surface area (Å²) in [5, 5.41) is 13.8. The molecule has 5 heteroatoms. The normalized spacial score (nSPS) is 2.67. The Morgan fingerprint density at radius 3 is 0.889 bits per heavy atom. The fourth-order valence-electron chi connectivity index (χ4n) is 0. The summed E-state index contributed by atoms with van der Waals surface area (Å²) in [5.74, 6) is 0. The molecule has 0 aromatic rings. The van der Waals surface area contributed by atoms with Crippen molar-refractivity contribution in [2.24, 2.45) is 0 Å². The third-order valence-corrected chi connectivity index (χ3v) is 0. The Kier molecular flexibility index (Phi) is 639. The van der Waals surface area contributed by atoms with Crippen molar-refractivity contribution in [3.8, 4) is 0 Å². The molecule has 0 atom stereocenters. The molecule has 0 unspecified atom stereocenters. The van der Waals surface area contributed by atoms with Crippen molar-refractivity contribution >= 4 is 12.9 Å². The van der Waals surface area contributed by atoms with Gasteiger partial charge < -0.3 is 25.1 Å². The van der Waals surface area contributed by atoms with Crippen LogP contribution in [0.5, 0.6) is 0 Å². The summed E-state index contributed by atoms with van der Waals surface area (Å²) in [6.45, 7) is -0.500. The molecule has 0 bridgehead atoms. The topological polar surface area (TPSA) is 74.6 Å². The van der Waals surface area contributed by atoms with E-state index in [1.165, 1.54) is 0 Å². The first-order valence-corrected chi connectivity index (χ1v) is 0.988. The molecular formula is C4H10CuO4. The number of hydrogen-bond acceptors (Lipinski definition) is 2. The van der Waals surface area contributed by atoms with Crippen LogP contribution in [0.4, 0.5) is 0 Å². The molecule has 0 aliphatic heterocycles. The smallest absolute Gasteiger partial charge is 0.483 e. The molecule has 0 aromatic heterocycles. The maximum Gasteiger partial charge on any atom is 2.00 e. The average Bonchev–Trinajstić information content (AvgIpc) is 1.39. The first kappa shape index (κ1) is 39.3. The molecule has 0 spiro atoms. The van der Waals surface area contributed by atoms with Crippen LogP contribution in [0.2, 0.25) is 0 Å². The summed E-state index contributed by atoms with van der Waals surface area (Å²) < 4.78 is 0. The van der Waals surface area contributed by atoms with E-state index in [2.05, 4.69) is 0 Å². The molecule has 0 aliphatic rings. The van der Waals surface area contributed by atoms with Gasteiger partial charge in [-0.2, -0.15) is 0 Å². The summed E-state index contributed by atoms with van der Waals surface area (Å²) in [7, 11) is 0. The Morgan fingerprint density at radius 1 is 0.889 bits per heavy atom. The van der Waals surface area contributed by atoms with Crippen molar-refractivity contribution in [2.45, 2.75) is 0 Å². The Labute approximate surface area is 65.4 Å². The molecule has 2 N–H and O–H groups in total. The van der Waals surface area contributed by atoms with Crippen LogP contribution in [-0.2, 0) is 26.7 Å². The minimum atomic E-state index is -0.250. The fraction of sp³-hybridized carbons (Fsp3) is 0. The SMILES string of the molecule is O=CO.O=CO.[CH3-].[CH3-].[Cu+2]. The van der Waals surface area contributed by atoms with E-state index in [4.69, 9.17) is 19.8 Å². The molecule has 0 amide bonds. The van der Waals surface area contributed by atoms with E-state index in [9.17, 15) is 0 Å². The van der Waals surface area contributed by atoms with Crippen LogP contribution in [0, 0.1) is 14.9 Å². The largest absolute Gasteiger partial charge is 2.00 e. The summed E-state index contributed by atoms with van der Waals surface area (Å²) in [4.78, 5) is 16.7. The molecule has 0 fully saturated rings. The van der Waals surface area contributed by atoms with Gasteiger partial charge in [0.1, 0.15) is 0 Å². The minimum Gasteiger partial charge on any atom is -0.483 e. The van der Waals surface area contributed by atoms with E-state index < -0.39 is 0 Å². The van der Waals surface area contributed by atoms with Gasteiger partial charge in [-0.1, -0.05) is 0 Å². The van der Waals surface area contributed by atoms with Crippen LogP contribution in [0.25, 0.3) is 0 Å². The van der Waals surface area contributed by atoms with Crippen LogP contribution in [0.3, 0.4) is 0 Å². The number of rotatable bonds is 0. The first-order chi connectivity index (χ1) is 2.83. The van der Waals surface area contributed by atoms with Crippen molar-refractivity contribution < 1.29 is 36.9 Å². The van der Waals surface area contributed by atoms with Crippen LogP contribution >= 0.6 is 0 Å². The van der Waals surface area contributed by atoms with Crippen LogP contribution in [-0.4, -0.2) is 23.2 Å². The van der Waals surface area contributed by atoms with Gasteiger partial charge >= 0.3 is 17.1 Å². The Balaban J connectivity index is -0.00000000889. The predicted octanol–water partition coefficient (Wildman–Crippen LogP) is 0.300. The molecule has 0 heterocycles. The maximum atomic E-state index is 8.36. The quantitative estimate of drug-likeness (QED) is 0.324. The third kappa shape index (κ3) is 761. The molecule has 0 aromatic carbocycles. The van der Waals surface area contributed by atoms with Crippen LogP contribution in [0.1, 0.15) is 0 Å². The van der Waals surface area contributed by atoms with E-state index in [0.717, 1.165) is 0 Å². The molecule has 0 saturated carbocycles. The van der Waals surface area contributed by atoms with Gasteiger partial charge in [0.15, 0.2) is 0 Å². The van der Waals surface area contributed by atoms with Crippen molar-refractivity contribution in [3.63, 3.8) is 0 Å². The zero-order chi connectivity index (χ0) is 5.41. The van der Waals surface area contributed by atoms with Crippen molar-refractivity contribution in [1.82, 2.24) is 0 Å². The zero-order valence-electron chi connectivity index (χ0n) is 5.17. The van der Waals surface area contributed by atoms with E-state index in [-0.39, 0.29) is 44.9 Å². The molecule has 0 rings (SSSR count). The maximum absolute atomic E-state index is 8.36. The number of carboxylic acid groups (broad SMARTS) is 2. The van der Waals surface area contributed by atoms with E-state index in [1.807, 2.05) is 0 Å². The minimum absolute atomic E-state index is 0. The van der Waals surface area contributed by atoms with E-state index in [1.54, 1.807) is 0 Å². The van der Waals surface area contributed by atoms with E-state index >= 15 is 0 Å². The molecule has 61 valence electrons. The van der Waals surface area contributed by atoms with Gasteiger partial charge in [-0.3, -0.25) is 9.59 Å². The van der Waals surface area contributed by atoms with E-state index in [0.29, 0.717) is 0 Å². The van der Waals surface area contributed by atoms with Crippen LogP contribution in [0.15, 0.2) is 0 Å². The van der Waals surface area contributed by atoms with Gasteiger partial charge in [0.25, 0.3) is 12.9 Å². The second-order valence-electron chi connectivity index (χ2n) is 0.211.